The quantitative estimate of drug-likeness (QED) is 0.480. The minimum atomic E-state index is 0.271. The van der Waals surface area contributed by atoms with Crippen LogP contribution in [0.15, 0.2) is 58.3 Å². The van der Waals surface area contributed by atoms with Gasteiger partial charge >= 0.3 is 0 Å². The third-order valence-corrected chi connectivity index (χ3v) is 4.07. The maximum Gasteiger partial charge on any atom is 0.115 e. The second kappa shape index (κ2) is 7.33. The Labute approximate surface area is 120 Å². The molecule has 5 heteroatoms. The van der Waals surface area contributed by atoms with Gasteiger partial charge in [0.15, 0.2) is 0 Å². The molecule has 0 aromatic heterocycles. The average molecular weight is 294 g/mol. The van der Waals surface area contributed by atoms with Crippen molar-refractivity contribution in [3.8, 4) is 11.5 Å². The molecule has 0 saturated carbocycles. The molecule has 2 N–H and O–H groups in total. The molecule has 0 spiro atoms. The number of phenols is 2. The van der Waals surface area contributed by atoms with Crippen molar-refractivity contribution in [1.29, 1.82) is 0 Å². The zero-order chi connectivity index (χ0) is 13.5. The van der Waals surface area contributed by atoms with Crippen molar-refractivity contribution in [2.45, 2.75) is 9.79 Å². The molecule has 2 aromatic rings. The summed E-state index contributed by atoms with van der Waals surface area (Å²) in [5.74, 6) is 1.67. The second-order valence-corrected chi connectivity index (χ2v) is 5.71. The van der Waals surface area contributed by atoms with Gasteiger partial charge in [0.2, 0.25) is 0 Å². The van der Waals surface area contributed by atoms with Crippen LogP contribution in [-0.4, -0.2) is 22.1 Å². The van der Waals surface area contributed by atoms with E-state index in [1.165, 1.54) is 0 Å². The zero-order valence-corrected chi connectivity index (χ0v) is 11.8. The summed E-state index contributed by atoms with van der Waals surface area (Å²) in [5, 5.41) is 18.3. The molecule has 0 aliphatic carbocycles. The average Bonchev–Trinajstić information content (AvgIpc) is 2.43. The van der Waals surface area contributed by atoms with E-state index in [1.807, 2.05) is 24.3 Å². The monoisotopic (exact) mass is 294 g/mol. The number of thioether (sulfide) groups is 2. The zero-order valence-electron chi connectivity index (χ0n) is 10.2. The first-order valence-electron chi connectivity index (χ1n) is 5.65. The normalized spacial score (nSPS) is 10.5. The smallest absolute Gasteiger partial charge is 0.115 e. The standard InChI is InChI=1S/C14H14O3S2/c15-11-1-5-13(6-2-11)18-9-17-10-19-14-7-3-12(16)4-8-14/h1-8,15-16H,9-10H2. The van der Waals surface area contributed by atoms with Crippen LogP contribution in [0.4, 0.5) is 0 Å². The van der Waals surface area contributed by atoms with Gasteiger partial charge in [0.05, 0.1) is 11.9 Å². The van der Waals surface area contributed by atoms with E-state index >= 15 is 0 Å². The number of phenolic OH excluding ortho intramolecular Hbond substituents is 2. The summed E-state index contributed by atoms with van der Waals surface area (Å²) in [6.45, 7) is 0. The second-order valence-electron chi connectivity index (χ2n) is 3.72. The Balaban J connectivity index is 1.64. The molecule has 3 nitrogen and oxygen atoms in total. The number of benzene rings is 2. The van der Waals surface area contributed by atoms with Crippen LogP contribution in [0, 0.1) is 0 Å². The van der Waals surface area contributed by atoms with Crippen molar-refractivity contribution in [2.75, 3.05) is 11.9 Å². The first-order chi connectivity index (χ1) is 9.24. The molecule has 19 heavy (non-hydrogen) atoms. The number of rotatable bonds is 6. The largest absolute Gasteiger partial charge is 0.508 e. The lowest BCUT2D eigenvalue weighted by molar-refractivity contribution is 0.240. The fraction of sp³-hybridized carbons (Fsp3) is 0.143. The number of aromatic hydroxyl groups is 2. The van der Waals surface area contributed by atoms with Crippen LogP contribution in [0.2, 0.25) is 0 Å². The van der Waals surface area contributed by atoms with Gasteiger partial charge in [-0.2, -0.15) is 0 Å². The molecule has 2 rings (SSSR count). The van der Waals surface area contributed by atoms with Gasteiger partial charge in [-0.15, -0.1) is 0 Å². The van der Waals surface area contributed by atoms with E-state index in [0.717, 1.165) is 9.79 Å². The number of hydrogen-bond acceptors (Lipinski definition) is 5. The van der Waals surface area contributed by atoms with Crippen LogP contribution in [-0.2, 0) is 4.74 Å². The molecular weight excluding hydrogens is 280 g/mol. The van der Waals surface area contributed by atoms with E-state index in [2.05, 4.69) is 0 Å². The Morgan fingerprint density at radius 2 is 1.05 bits per heavy atom. The molecule has 0 heterocycles. The predicted octanol–water partition coefficient (Wildman–Crippen LogP) is 3.91. The lowest BCUT2D eigenvalue weighted by Crippen LogP contribution is -1.89. The maximum absolute atomic E-state index is 9.15. The molecule has 0 amide bonds. The van der Waals surface area contributed by atoms with Crippen LogP contribution in [0.3, 0.4) is 0 Å². The summed E-state index contributed by atoms with van der Waals surface area (Å²) in [7, 11) is 0. The molecule has 0 aliphatic rings. The van der Waals surface area contributed by atoms with Gasteiger partial charge in [-0.25, -0.2) is 0 Å². The van der Waals surface area contributed by atoms with Crippen molar-refractivity contribution >= 4 is 23.5 Å². The fourth-order valence-electron chi connectivity index (χ4n) is 1.34. The Kier molecular flexibility index (Phi) is 5.44. The number of ether oxygens (including phenoxy) is 1. The summed E-state index contributed by atoms with van der Waals surface area (Å²) in [5.41, 5.74) is 0. The van der Waals surface area contributed by atoms with Crippen molar-refractivity contribution in [3.05, 3.63) is 48.5 Å². The summed E-state index contributed by atoms with van der Waals surface area (Å²) < 4.78 is 5.50. The lowest BCUT2D eigenvalue weighted by atomic mass is 10.3. The van der Waals surface area contributed by atoms with Crippen LogP contribution in [0.25, 0.3) is 0 Å². The summed E-state index contributed by atoms with van der Waals surface area (Å²) >= 11 is 3.16. The van der Waals surface area contributed by atoms with Crippen molar-refractivity contribution in [3.63, 3.8) is 0 Å². The molecule has 2 aromatic carbocycles. The Morgan fingerprint density at radius 3 is 1.42 bits per heavy atom. The molecule has 0 radical (unpaired) electrons. The van der Waals surface area contributed by atoms with Crippen LogP contribution in [0.5, 0.6) is 11.5 Å². The van der Waals surface area contributed by atoms with Gasteiger partial charge in [0, 0.05) is 9.79 Å². The van der Waals surface area contributed by atoms with Crippen LogP contribution in [0.1, 0.15) is 0 Å². The molecule has 100 valence electrons. The van der Waals surface area contributed by atoms with Gasteiger partial charge in [-0.1, -0.05) is 23.5 Å². The SMILES string of the molecule is Oc1ccc(SCOCSc2ccc(O)cc2)cc1. The van der Waals surface area contributed by atoms with Gasteiger partial charge in [-0.3, -0.25) is 0 Å². The van der Waals surface area contributed by atoms with Gasteiger partial charge < -0.3 is 14.9 Å². The fourth-order valence-corrected chi connectivity index (χ4v) is 2.71. The topological polar surface area (TPSA) is 49.7 Å². The third kappa shape index (κ3) is 5.06. The Morgan fingerprint density at radius 1 is 0.684 bits per heavy atom. The predicted molar refractivity (Wildman–Crippen MR) is 78.7 cm³/mol. The van der Waals surface area contributed by atoms with E-state index in [-0.39, 0.29) is 11.5 Å². The highest BCUT2D eigenvalue weighted by Gasteiger charge is 1.97. The molecule has 0 unspecified atom stereocenters. The first kappa shape index (κ1) is 14.1. The van der Waals surface area contributed by atoms with Crippen LogP contribution < -0.4 is 0 Å². The molecular formula is C14H14O3S2. The minimum absolute atomic E-state index is 0.271. The molecule has 0 saturated heterocycles. The van der Waals surface area contributed by atoms with Crippen LogP contribution >= 0.6 is 23.5 Å². The van der Waals surface area contributed by atoms with Gasteiger partial charge in [0.25, 0.3) is 0 Å². The molecule has 0 bridgehead atoms. The summed E-state index contributed by atoms with van der Waals surface area (Å²) in [4.78, 5) is 2.12. The van der Waals surface area contributed by atoms with E-state index < -0.39 is 0 Å². The minimum Gasteiger partial charge on any atom is -0.508 e. The first-order valence-corrected chi connectivity index (χ1v) is 7.62. The molecule has 0 fully saturated rings. The van der Waals surface area contributed by atoms with Crippen molar-refractivity contribution < 1.29 is 14.9 Å². The molecule has 0 atom stereocenters. The highest BCUT2D eigenvalue weighted by molar-refractivity contribution is 7.99. The molecule has 0 aliphatic heterocycles. The maximum atomic E-state index is 9.15. The van der Waals surface area contributed by atoms with Crippen molar-refractivity contribution in [1.82, 2.24) is 0 Å². The lowest BCUT2D eigenvalue weighted by Gasteiger charge is -2.04. The Bertz CT molecular complexity index is 450. The number of hydrogen-bond donors (Lipinski definition) is 2. The van der Waals surface area contributed by atoms with E-state index in [1.54, 1.807) is 47.8 Å². The van der Waals surface area contributed by atoms with E-state index in [4.69, 9.17) is 14.9 Å². The highest BCUT2D eigenvalue weighted by atomic mass is 32.2. The third-order valence-electron chi connectivity index (χ3n) is 2.29. The Hall–Kier alpha value is -1.30. The summed E-state index contributed by atoms with van der Waals surface area (Å²) in [6, 6.07) is 14.1. The van der Waals surface area contributed by atoms with Gasteiger partial charge in [-0.05, 0) is 48.5 Å². The highest BCUT2D eigenvalue weighted by Crippen LogP contribution is 2.23. The van der Waals surface area contributed by atoms with E-state index in [0.29, 0.717) is 11.9 Å². The summed E-state index contributed by atoms with van der Waals surface area (Å²) in [6.07, 6.45) is 0. The van der Waals surface area contributed by atoms with Crippen molar-refractivity contribution in [2.24, 2.45) is 0 Å². The van der Waals surface area contributed by atoms with E-state index in [9.17, 15) is 0 Å². The van der Waals surface area contributed by atoms with Gasteiger partial charge in [0.1, 0.15) is 11.5 Å².